The minimum Gasteiger partial charge on any atom is -0.369 e. The van der Waals surface area contributed by atoms with E-state index in [0.717, 1.165) is 24.9 Å². The molecule has 124 valence electrons. The average molecular weight is 316 g/mol. The molecular formula is C16H24N6O. The Morgan fingerprint density at radius 2 is 2.22 bits per heavy atom. The van der Waals surface area contributed by atoms with E-state index in [1.165, 1.54) is 5.01 Å². The molecule has 0 bridgehead atoms. The Labute approximate surface area is 136 Å². The number of hydrogen-bond acceptors (Lipinski definition) is 4. The summed E-state index contributed by atoms with van der Waals surface area (Å²) in [5.74, 6) is 0.0171. The van der Waals surface area contributed by atoms with Crippen LogP contribution >= 0.6 is 0 Å². The molecule has 1 fully saturated rings. The summed E-state index contributed by atoms with van der Waals surface area (Å²) < 4.78 is 0. The number of amides is 2. The number of carbonyl (C=O) groups is 1. The number of hydrazine groups is 1. The highest BCUT2D eigenvalue weighted by Gasteiger charge is 2.21. The lowest BCUT2D eigenvalue weighted by Gasteiger charge is -2.24. The lowest BCUT2D eigenvalue weighted by molar-refractivity contribution is 0.175. The summed E-state index contributed by atoms with van der Waals surface area (Å²) in [6, 6.07) is 9.41. The number of guanidine groups is 1. The van der Waals surface area contributed by atoms with Crippen molar-refractivity contribution in [1.82, 2.24) is 21.1 Å². The van der Waals surface area contributed by atoms with Crippen LogP contribution in [0.4, 0.5) is 4.79 Å². The van der Waals surface area contributed by atoms with Crippen molar-refractivity contribution in [1.29, 1.82) is 0 Å². The van der Waals surface area contributed by atoms with E-state index in [1.54, 1.807) is 7.05 Å². The molecule has 5 N–H and O–H groups in total. The van der Waals surface area contributed by atoms with Crippen LogP contribution in [0.15, 0.2) is 41.9 Å². The fourth-order valence-electron chi connectivity index (χ4n) is 2.45. The Kier molecular flexibility index (Phi) is 6.13. The summed E-state index contributed by atoms with van der Waals surface area (Å²) >= 11 is 0. The summed E-state index contributed by atoms with van der Waals surface area (Å²) in [6.45, 7) is 5.42. The van der Waals surface area contributed by atoms with Crippen LogP contribution in [0.3, 0.4) is 0 Å². The SMILES string of the molecule is C=C(/N=C(/N)NC(=O)N(CC1CCCN1)NC)c1ccccc1. The highest BCUT2D eigenvalue weighted by molar-refractivity contribution is 5.97. The maximum absolute atomic E-state index is 12.2. The number of rotatable bonds is 5. The molecule has 23 heavy (non-hydrogen) atoms. The van der Waals surface area contributed by atoms with E-state index in [9.17, 15) is 4.79 Å². The van der Waals surface area contributed by atoms with E-state index in [-0.39, 0.29) is 12.0 Å². The van der Waals surface area contributed by atoms with E-state index in [1.807, 2.05) is 30.3 Å². The van der Waals surface area contributed by atoms with Crippen LogP contribution < -0.4 is 21.8 Å². The minimum atomic E-state index is -0.344. The van der Waals surface area contributed by atoms with E-state index in [4.69, 9.17) is 5.73 Å². The van der Waals surface area contributed by atoms with Crippen LogP contribution in [0, 0.1) is 0 Å². The quantitative estimate of drug-likeness (QED) is 0.368. The summed E-state index contributed by atoms with van der Waals surface area (Å²) in [4.78, 5) is 16.4. The van der Waals surface area contributed by atoms with Gasteiger partial charge in [0.05, 0.1) is 12.2 Å². The monoisotopic (exact) mass is 316 g/mol. The maximum atomic E-state index is 12.2. The van der Waals surface area contributed by atoms with E-state index < -0.39 is 0 Å². The Bertz CT molecular complexity index is 565. The Hall–Kier alpha value is -2.38. The second kappa shape index (κ2) is 8.30. The highest BCUT2D eigenvalue weighted by Crippen LogP contribution is 2.12. The topological polar surface area (TPSA) is 94.8 Å². The van der Waals surface area contributed by atoms with Gasteiger partial charge in [0.25, 0.3) is 0 Å². The first-order valence-corrected chi connectivity index (χ1v) is 7.68. The lowest BCUT2D eigenvalue weighted by Crippen LogP contribution is -2.53. The van der Waals surface area contributed by atoms with Gasteiger partial charge in [0.15, 0.2) is 0 Å². The molecule has 0 radical (unpaired) electrons. The van der Waals surface area contributed by atoms with Crippen LogP contribution in [0.25, 0.3) is 5.70 Å². The molecule has 1 heterocycles. The summed E-state index contributed by atoms with van der Waals surface area (Å²) in [5, 5.41) is 7.40. The molecular weight excluding hydrogens is 292 g/mol. The van der Waals surface area contributed by atoms with Crippen molar-refractivity contribution in [3.8, 4) is 0 Å². The van der Waals surface area contributed by atoms with Crippen molar-refractivity contribution in [3.05, 3.63) is 42.5 Å². The van der Waals surface area contributed by atoms with Crippen molar-refractivity contribution < 1.29 is 4.79 Å². The molecule has 0 aromatic heterocycles. The number of nitrogens with two attached hydrogens (primary N) is 1. The molecule has 2 amide bonds. The Balaban J connectivity index is 1.91. The smallest absolute Gasteiger partial charge is 0.338 e. The standard InChI is InChI=1S/C16H24N6O/c1-12(13-7-4-3-5-8-13)20-15(17)21-16(23)22(18-2)11-14-9-6-10-19-14/h3-5,7-8,14,18-19H,1,6,9-11H2,2H3,(H3,17,20,21,23). The van der Waals surface area contributed by atoms with Crippen molar-refractivity contribution in [2.45, 2.75) is 18.9 Å². The largest absolute Gasteiger partial charge is 0.369 e. The zero-order chi connectivity index (χ0) is 16.7. The molecule has 0 saturated carbocycles. The van der Waals surface area contributed by atoms with Gasteiger partial charge < -0.3 is 11.1 Å². The minimum absolute atomic E-state index is 0.0171. The molecule has 7 heteroatoms. The van der Waals surface area contributed by atoms with E-state index >= 15 is 0 Å². The van der Waals surface area contributed by atoms with Gasteiger partial charge in [0.1, 0.15) is 0 Å². The van der Waals surface area contributed by atoms with Crippen molar-refractivity contribution >= 4 is 17.7 Å². The number of benzene rings is 1. The molecule has 1 aromatic carbocycles. The Morgan fingerprint density at radius 3 is 2.83 bits per heavy atom. The summed E-state index contributed by atoms with van der Waals surface area (Å²) in [7, 11) is 1.70. The predicted octanol–water partition coefficient (Wildman–Crippen LogP) is 0.870. The molecule has 1 aromatic rings. The number of nitrogens with one attached hydrogen (secondary N) is 3. The first-order valence-electron chi connectivity index (χ1n) is 7.68. The third-order valence-electron chi connectivity index (χ3n) is 3.68. The fraction of sp³-hybridized carbons (Fsp3) is 0.375. The number of carbonyl (C=O) groups excluding carboxylic acids is 1. The second-order valence-corrected chi connectivity index (χ2v) is 5.37. The van der Waals surface area contributed by atoms with Gasteiger partial charge in [-0.1, -0.05) is 36.9 Å². The predicted molar refractivity (Wildman–Crippen MR) is 92.4 cm³/mol. The fourth-order valence-corrected chi connectivity index (χ4v) is 2.45. The van der Waals surface area contributed by atoms with E-state index in [0.29, 0.717) is 18.3 Å². The number of aliphatic imine (C=N–C) groups is 1. The van der Waals surface area contributed by atoms with Crippen LogP contribution in [0.2, 0.25) is 0 Å². The van der Waals surface area contributed by atoms with Crippen molar-refractivity contribution in [2.75, 3.05) is 20.1 Å². The third kappa shape index (κ3) is 5.08. The van der Waals surface area contributed by atoms with Gasteiger partial charge in [-0.25, -0.2) is 15.2 Å². The van der Waals surface area contributed by atoms with Crippen molar-refractivity contribution in [3.63, 3.8) is 0 Å². The molecule has 1 unspecified atom stereocenters. The molecule has 1 saturated heterocycles. The maximum Gasteiger partial charge on any atom is 0.338 e. The number of hydrogen-bond donors (Lipinski definition) is 4. The zero-order valence-electron chi connectivity index (χ0n) is 13.4. The molecule has 7 nitrogen and oxygen atoms in total. The van der Waals surface area contributed by atoms with Gasteiger partial charge in [-0.2, -0.15) is 0 Å². The molecule has 0 aliphatic carbocycles. The third-order valence-corrected chi connectivity index (χ3v) is 3.68. The van der Waals surface area contributed by atoms with Gasteiger partial charge in [-0.15, -0.1) is 0 Å². The van der Waals surface area contributed by atoms with Gasteiger partial charge >= 0.3 is 6.03 Å². The van der Waals surface area contributed by atoms with Gasteiger partial charge in [0.2, 0.25) is 5.96 Å². The molecule has 1 atom stereocenters. The Morgan fingerprint density at radius 1 is 1.48 bits per heavy atom. The molecule has 1 aliphatic rings. The number of urea groups is 1. The average Bonchev–Trinajstić information content (AvgIpc) is 3.06. The lowest BCUT2D eigenvalue weighted by atomic mass is 10.2. The molecule has 1 aliphatic heterocycles. The van der Waals surface area contributed by atoms with Crippen LogP contribution in [0.5, 0.6) is 0 Å². The van der Waals surface area contributed by atoms with Crippen molar-refractivity contribution in [2.24, 2.45) is 10.7 Å². The van der Waals surface area contributed by atoms with Crippen LogP contribution in [-0.2, 0) is 0 Å². The zero-order valence-corrected chi connectivity index (χ0v) is 13.4. The second-order valence-electron chi connectivity index (χ2n) is 5.37. The number of nitrogens with zero attached hydrogens (tertiary/aromatic N) is 2. The van der Waals surface area contributed by atoms with Gasteiger partial charge in [-0.05, 0) is 24.9 Å². The first-order chi connectivity index (χ1) is 11.1. The first kappa shape index (κ1) is 17.0. The van der Waals surface area contributed by atoms with Crippen LogP contribution in [-0.4, -0.2) is 43.2 Å². The molecule has 0 spiro atoms. The van der Waals surface area contributed by atoms with Gasteiger partial charge in [-0.3, -0.25) is 10.3 Å². The van der Waals surface area contributed by atoms with Crippen LogP contribution in [0.1, 0.15) is 18.4 Å². The van der Waals surface area contributed by atoms with Gasteiger partial charge in [0, 0.05) is 13.1 Å². The normalized spacial score (nSPS) is 17.8. The summed E-state index contributed by atoms with van der Waals surface area (Å²) in [6.07, 6.45) is 2.18. The summed E-state index contributed by atoms with van der Waals surface area (Å²) in [5.41, 5.74) is 10.0. The van der Waals surface area contributed by atoms with E-state index in [2.05, 4.69) is 27.6 Å². The highest BCUT2D eigenvalue weighted by atomic mass is 16.2. The molecule has 2 rings (SSSR count).